The second-order valence-corrected chi connectivity index (χ2v) is 5.89. The van der Waals surface area contributed by atoms with Crippen molar-refractivity contribution in [2.75, 3.05) is 0 Å². The first-order chi connectivity index (χ1) is 10.0. The summed E-state index contributed by atoms with van der Waals surface area (Å²) in [6.45, 7) is 4.17. The molecule has 1 N–H and O–H groups in total. The Balaban J connectivity index is 2.14. The van der Waals surface area contributed by atoms with Crippen LogP contribution in [0.1, 0.15) is 43.5 Å². The maximum absolute atomic E-state index is 13.0. The van der Waals surface area contributed by atoms with Crippen molar-refractivity contribution in [2.45, 2.75) is 32.4 Å². The highest BCUT2D eigenvalue weighted by Crippen LogP contribution is 2.28. The Kier molecular flexibility index (Phi) is 5.63. The smallest absolute Gasteiger partial charge is 0.123 e. The molecule has 1 unspecified atom stereocenters. The van der Waals surface area contributed by atoms with Crippen LogP contribution in [0.25, 0.3) is 0 Å². The SMILES string of the molecule is CCC(N[C@@H](C)c1ccc(F)cc1)c1ccc(Cl)c(Cl)c1. The van der Waals surface area contributed by atoms with Crippen LogP contribution in [-0.4, -0.2) is 0 Å². The summed E-state index contributed by atoms with van der Waals surface area (Å²) < 4.78 is 13.0. The van der Waals surface area contributed by atoms with E-state index in [1.54, 1.807) is 12.1 Å². The fourth-order valence-corrected chi connectivity index (χ4v) is 2.63. The van der Waals surface area contributed by atoms with Crippen LogP contribution in [0.3, 0.4) is 0 Å². The Hall–Kier alpha value is -1.09. The van der Waals surface area contributed by atoms with Crippen LogP contribution in [-0.2, 0) is 0 Å². The third-order valence-electron chi connectivity index (χ3n) is 3.58. The number of hydrogen-bond acceptors (Lipinski definition) is 1. The molecule has 112 valence electrons. The molecule has 0 saturated carbocycles. The van der Waals surface area contributed by atoms with Gasteiger partial charge in [0.25, 0.3) is 0 Å². The van der Waals surface area contributed by atoms with E-state index in [0.29, 0.717) is 10.0 Å². The van der Waals surface area contributed by atoms with E-state index in [4.69, 9.17) is 23.2 Å². The molecule has 0 heterocycles. The van der Waals surface area contributed by atoms with Crippen LogP contribution in [0.2, 0.25) is 10.0 Å². The van der Waals surface area contributed by atoms with Crippen LogP contribution in [0.4, 0.5) is 4.39 Å². The molecular weight excluding hydrogens is 308 g/mol. The van der Waals surface area contributed by atoms with Gasteiger partial charge in [-0.05, 0) is 48.7 Å². The Morgan fingerprint density at radius 1 is 1.00 bits per heavy atom. The first-order valence-corrected chi connectivity index (χ1v) is 7.73. The molecule has 0 saturated heterocycles. The average molecular weight is 326 g/mol. The summed E-state index contributed by atoms with van der Waals surface area (Å²) >= 11 is 12.0. The van der Waals surface area contributed by atoms with Crippen LogP contribution >= 0.6 is 23.2 Å². The van der Waals surface area contributed by atoms with E-state index >= 15 is 0 Å². The summed E-state index contributed by atoms with van der Waals surface area (Å²) in [5.41, 5.74) is 2.15. The zero-order valence-electron chi connectivity index (χ0n) is 12.0. The molecule has 0 aliphatic heterocycles. The number of rotatable bonds is 5. The van der Waals surface area contributed by atoms with Gasteiger partial charge in [0.1, 0.15) is 5.82 Å². The third-order valence-corrected chi connectivity index (χ3v) is 4.31. The van der Waals surface area contributed by atoms with Crippen molar-refractivity contribution >= 4 is 23.2 Å². The van der Waals surface area contributed by atoms with Gasteiger partial charge in [-0.3, -0.25) is 0 Å². The topological polar surface area (TPSA) is 12.0 Å². The quantitative estimate of drug-likeness (QED) is 0.717. The normalized spacial score (nSPS) is 14.0. The standard InChI is InChI=1S/C17H18Cl2FN/c1-3-17(13-6-9-15(18)16(19)10-13)21-11(2)12-4-7-14(20)8-5-12/h4-11,17,21H,3H2,1-2H3/t11-,17?/m0/s1. The molecular formula is C17H18Cl2FN. The zero-order valence-corrected chi connectivity index (χ0v) is 13.5. The molecule has 0 aliphatic carbocycles. The lowest BCUT2D eigenvalue weighted by Crippen LogP contribution is -2.24. The fourth-order valence-electron chi connectivity index (χ4n) is 2.33. The summed E-state index contributed by atoms with van der Waals surface area (Å²) in [6, 6.07) is 12.5. The van der Waals surface area contributed by atoms with E-state index in [1.807, 2.05) is 18.2 Å². The van der Waals surface area contributed by atoms with Crippen molar-refractivity contribution < 1.29 is 4.39 Å². The van der Waals surface area contributed by atoms with Crippen LogP contribution in [0.5, 0.6) is 0 Å². The van der Waals surface area contributed by atoms with Gasteiger partial charge in [0.05, 0.1) is 10.0 Å². The minimum Gasteiger partial charge on any atom is -0.303 e. The molecule has 0 radical (unpaired) electrons. The van der Waals surface area contributed by atoms with Crippen molar-refractivity contribution in [3.63, 3.8) is 0 Å². The van der Waals surface area contributed by atoms with Gasteiger partial charge in [0, 0.05) is 12.1 Å². The molecule has 0 amide bonds. The number of nitrogens with one attached hydrogen (secondary N) is 1. The highest BCUT2D eigenvalue weighted by molar-refractivity contribution is 6.42. The second kappa shape index (κ2) is 7.26. The Bertz CT molecular complexity index is 598. The van der Waals surface area contributed by atoms with E-state index in [2.05, 4.69) is 19.2 Å². The van der Waals surface area contributed by atoms with Crippen molar-refractivity contribution in [3.8, 4) is 0 Å². The van der Waals surface area contributed by atoms with Gasteiger partial charge in [-0.25, -0.2) is 4.39 Å². The van der Waals surface area contributed by atoms with Crippen molar-refractivity contribution in [1.82, 2.24) is 5.32 Å². The molecule has 0 fully saturated rings. The van der Waals surface area contributed by atoms with Gasteiger partial charge in [-0.1, -0.05) is 48.3 Å². The Morgan fingerprint density at radius 2 is 1.62 bits per heavy atom. The molecule has 2 aromatic rings. The van der Waals surface area contributed by atoms with Crippen molar-refractivity contribution in [3.05, 3.63) is 69.5 Å². The molecule has 0 spiro atoms. The molecule has 0 aliphatic rings. The lowest BCUT2D eigenvalue weighted by Gasteiger charge is -2.23. The van der Waals surface area contributed by atoms with Crippen molar-refractivity contribution in [1.29, 1.82) is 0 Å². The predicted molar refractivity (Wildman–Crippen MR) is 87.4 cm³/mol. The lowest BCUT2D eigenvalue weighted by atomic mass is 10.0. The summed E-state index contributed by atoms with van der Waals surface area (Å²) in [4.78, 5) is 0. The number of halogens is 3. The number of benzene rings is 2. The average Bonchev–Trinajstić information content (AvgIpc) is 2.48. The molecule has 0 bridgehead atoms. The van der Waals surface area contributed by atoms with Gasteiger partial charge < -0.3 is 5.32 Å². The van der Waals surface area contributed by atoms with Crippen LogP contribution in [0.15, 0.2) is 42.5 Å². The Labute approximate surface area is 135 Å². The third kappa shape index (κ3) is 4.19. The second-order valence-electron chi connectivity index (χ2n) is 5.07. The van der Waals surface area contributed by atoms with E-state index in [-0.39, 0.29) is 17.9 Å². The summed E-state index contributed by atoms with van der Waals surface area (Å²) in [7, 11) is 0. The van der Waals surface area contributed by atoms with Crippen LogP contribution < -0.4 is 5.32 Å². The monoisotopic (exact) mass is 325 g/mol. The van der Waals surface area contributed by atoms with E-state index in [9.17, 15) is 4.39 Å². The number of hydrogen-bond donors (Lipinski definition) is 1. The van der Waals surface area contributed by atoms with E-state index in [0.717, 1.165) is 17.5 Å². The lowest BCUT2D eigenvalue weighted by molar-refractivity contribution is 0.456. The van der Waals surface area contributed by atoms with Gasteiger partial charge in [0.15, 0.2) is 0 Å². The molecule has 2 aromatic carbocycles. The maximum atomic E-state index is 13.0. The molecule has 21 heavy (non-hydrogen) atoms. The fraction of sp³-hybridized carbons (Fsp3) is 0.294. The van der Waals surface area contributed by atoms with Gasteiger partial charge in [0.2, 0.25) is 0 Å². The highest BCUT2D eigenvalue weighted by atomic mass is 35.5. The Morgan fingerprint density at radius 3 is 2.19 bits per heavy atom. The maximum Gasteiger partial charge on any atom is 0.123 e. The molecule has 0 aromatic heterocycles. The van der Waals surface area contributed by atoms with E-state index in [1.165, 1.54) is 12.1 Å². The highest BCUT2D eigenvalue weighted by Gasteiger charge is 2.15. The summed E-state index contributed by atoms with van der Waals surface area (Å²) in [6.07, 6.45) is 0.920. The van der Waals surface area contributed by atoms with Crippen LogP contribution in [0, 0.1) is 5.82 Å². The minimum atomic E-state index is -0.220. The van der Waals surface area contributed by atoms with Gasteiger partial charge in [-0.15, -0.1) is 0 Å². The first-order valence-electron chi connectivity index (χ1n) is 6.97. The minimum absolute atomic E-state index is 0.116. The molecule has 1 nitrogen and oxygen atoms in total. The summed E-state index contributed by atoms with van der Waals surface area (Å²) in [5.74, 6) is -0.220. The predicted octanol–water partition coefficient (Wildman–Crippen LogP) is 5.93. The van der Waals surface area contributed by atoms with Gasteiger partial charge >= 0.3 is 0 Å². The molecule has 4 heteroatoms. The molecule has 2 atom stereocenters. The zero-order chi connectivity index (χ0) is 15.4. The first kappa shape index (κ1) is 16.3. The largest absolute Gasteiger partial charge is 0.303 e. The summed E-state index contributed by atoms with van der Waals surface area (Å²) in [5, 5.41) is 4.66. The van der Waals surface area contributed by atoms with Gasteiger partial charge in [-0.2, -0.15) is 0 Å². The molecule has 2 rings (SSSR count). The van der Waals surface area contributed by atoms with Crippen molar-refractivity contribution in [2.24, 2.45) is 0 Å². The van der Waals surface area contributed by atoms with E-state index < -0.39 is 0 Å².